The second kappa shape index (κ2) is 12.1. The lowest BCUT2D eigenvalue weighted by molar-refractivity contribution is 0.101. The van der Waals surface area contributed by atoms with E-state index in [1.54, 1.807) is 14.0 Å². The predicted octanol–water partition coefficient (Wildman–Crippen LogP) is 4.25. The molecule has 1 aliphatic carbocycles. The maximum atomic E-state index is 11.9. The number of ether oxygens (including phenoxy) is 1. The van der Waals surface area contributed by atoms with Crippen molar-refractivity contribution in [2.75, 3.05) is 56.6 Å². The van der Waals surface area contributed by atoms with E-state index in [2.05, 4.69) is 27.2 Å². The first kappa shape index (κ1) is 25.0. The van der Waals surface area contributed by atoms with Gasteiger partial charge in [0.15, 0.2) is 11.7 Å². The number of nitrogens with two attached hydrogens (primary N) is 1. The number of methoxy groups -OCH3 is 1. The van der Waals surface area contributed by atoms with Crippen LogP contribution in [0.5, 0.6) is 5.75 Å². The summed E-state index contributed by atoms with van der Waals surface area (Å²) in [7, 11) is 1.70. The minimum absolute atomic E-state index is 0.0640. The summed E-state index contributed by atoms with van der Waals surface area (Å²) in [6, 6.07) is 15.9. The first-order chi connectivity index (χ1) is 17.1. The third kappa shape index (κ3) is 6.75. The number of anilines is 2. The quantitative estimate of drug-likeness (QED) is 0.352. The number of guanidine groups is 1. The van der Waals surface area contributed by atoms with Gasteiger partial charge in [0.25, 0.3) is 0 Å². The molecule has 35 heavy (non-hydrogen) atoms. The van der Waals surface area contributed by atoms with E-state index in [0.717, 1.165) is 63.1 Å². The molecule has 188 valence electrons. The summed E-state index contributed by atoms with van der Waals surface area (Å²) < 4.78 is 5.40. The maximum absolute atomic E-state index is 11.9. The van der Waals surface area contributed by atoms with Crippen LogP contribution >= 0.6 is 0 Å². The van der Waals surface area contributed by atoms with E-state index in [9.17, 15) is 4.79 Å². The number of nitrogens with one attached hydrogen (secondary N) is 1. The second-order valence-corrected chi connectivity index (χ2v) is 9.74. The van der Waals surface area contributed by atoms with Crippen molar-refractivity contribution in [1.82, 2.24) is 4.90 Å². The molecule has 0 radical (unpaired) electrons. The fourth-order valence-electron chi connectivity index (χ4n) is 5.15. The zero-order valence-electron chi connectivity index (χ0n) is 21.1. The molecule has 1 saturated heterocycles. The molecule has 2 aromatic carbocycles. The number of hydrogen-bond donors (Lipinski definition) is 2. The fraction of sp³-hybridized carbons (Fsp3) is 0.500. The Bertz CT molecular complexity index is 1020. The fourth-order valence-corrected chi connectivity index (χ4v) is 5.15. The highest BCUT2D eigenvalue weighted by Gasteiger charge is 2.23. The van der Waals surface area contributed by atoms with Gasteiger partial charge in [-0.3, -0.25) is 9.79 Å². The third-order valence-electron chi connectivity index (χ3n) is 7.25. The molecule has 3 N–H and O–H groups in total. The van der Waals surface area contributed by atoms with E-state index in [-0.39, 0.29) is 5.78 Å². The van der Waals surface area contributed by atoms with Crippen molar-refractivity contribution in [2.24, 2.45) is 22.6 Å². The van der Waals surface area contributed by atoms with Crippen molar-refractivity contribution in [3.63, 3.8) is 0 Å². The SMILES string of the molecule is COc1cccc(N2CCN(C(=NCC3CCCC(CN)C3)Nc3cccc(C(C)=O)c3)CC2)c1. The normalized spacial score (nSPS) is 21.1. The minimum atomic E-state index is 0.0640. The molecule has 2 unspecified atom stereocenters. The van der Waals surface area contributed by atoms with E-state index in [0.29, 0.717) is 17.4 Å². The van der Waals surface area contributed by atoms with Crippen LogP contribution in [0.2, 0.25) is 0 Å². The maximum Gasteiger partial charge on any atom is 0.198 e. The second-order valence-electron chi connectivity index (χ2n) is 9.74. The zero-order valence-corrected chi connectivity index (χ0v) is 21.1. The van der Waals surface area contributed by atoms with Crippen LogP contribution in [0.4, 0.5) is 11.4 Å². The Kier molecular flexibility index (Phi) is 8.64. The van der Waals surface area contributed by atoms with Crippen LogP contribution in [-0.2, 0) is 0 Å². The van der Waals surface area contributed by atoms with Crippen LogP contribution in [0.25, 0.3) is 0 Å². The molecule has 7 nitrogen and oxygen atoms in total. The molecule has 1 saturated carbocycles. The van der Waals surface area contributed by atoms with Crippen LogP contribution < -0.4 is 20.7 Å². The van der Waals surface area contributed by atoms with Crippen molar-refractivity contribution >= 4 is 23.1 Å². The van der Waals surface area contributed by atoms with Crippen LogP contribution in [0.3, 0.4) is 0 Å². The molecule has 4 rings (SSSR count). The molecular weight excluding hydrogens is 438 g/mol. The van der Waals surface area contributed by atoms with Gasteiger partial charge in [-0.1, -0.05) is 24.6 Å². The van der Waals surface area contributed by atoms with Gasteiger partial charge in [-0.2, -0.15) is 0 Å². The van der Waals surface area contributed by atoms with Crippen LogP contribution in [-0.4, -0.2) is 63.0 Å². The van der Waals surface area contributed by atoms with Gasteiger partial charge in [-0.25, -0.2) is 0 Å². The summed E-state index contributed by atoms with van der Waals surface area (Å²) >= 11 is 0. The molecule has 1 aliphatic heterocycles. The Labute approximate surface area is 209 Å². The van der Waals surface area contributed by atoms with E-state index in [1.807, 2.05) is 36.4 Å². The molecule has 0 amide bonds. The number of nitrogens with zero attached hydrogens (tertiary/aromatic N) is 3. The van der Waals surface area contributed by atoms with E-state index < -0.39 is 0 Å². The average Bonchev–Trinajstić information content (AvgIpc) is 2.91. The molecule has 2 aromatic rings. The first-order valence-electron chi connectivity index (χ1n) is 12.8. The number of carbonyl (C=O) groups excluding carboxylic acids is 1. The van der Waals surface area contributed by atoms with Gasteiger partial charge < -0.3 is 25.6 Å². The Hall–Kier alpha value is -3.06. The molecule has 0 aromatic heterocycles. The smallest absolute Gasteiger partial charge is 0.198 e. The van der Waals surface area contributed by atoms with Crippen molar-refractivity contribution in [1.29, 1.82) is 0 Å². The van der Waals surface area contributed by atoms with Crippen molar-refractivity contribution in [3.05, 3.63) is 54.1 Å². The summed E-state index contributed by atoms with van der Waals surface area (Å²) in [6.07, 6.45) is 4.87. The largest absolute Gasteiger partial charge is 0.497 e. The summed E-state index contributed by atoms with van der Waals surface area (Å²) in [4.78, 5) is 21.7. The molecule has 2 fully saturated rings. The van der Waals surface area contributed by atoms with E-state index in [4.69, 9.17) is 15.5 Å². The van der Waals surface area contributed by atoms with Gasteiger partial charge in [0.1, 0.15) is 5.75 Å². The number of aliphatic imine (C=N–C) groups is 1. The molecule has 2 aliphatic rings. The van der Waals surface area contributed by atoms with E-state index in [1.165, 1.54) is 24.9 Å². The topological polar surface area (TPSA) is 83.2 Å². The summed E-state index contributed by atoms with van der Waals surface area (Å²) in [5.74, 6) is 3.04. The van der Waals surface area contributed by atoms with Crippen LogP contribution in [0, 0.1) is 11.8 Å². The summed E-state index contributed by atoms with van der Waals surface area (Å²) in [5.41, 5.74) is 8.74. The van der Waals surface area contributed by atoms with Crippen molar-refractivity contribution in [3.8, 4) is 5.75 Å². The van der Waals surface area contributed by atoms with Crippen LogP contribution in [0.15, 0.2) is 53.5 Å². The van der Waals surface area contributed by atoms with Crippen molar-refractivity contribution < 1.29 is 9.53 Å². The highest BCUT2D eigenvalue weighted by atomic mass is 16.5. The number of Topliss-reactive ketones (excluding diaryl/α,β-unsaturated/α-hetero) is 1. The number of rotatable bonds is 7. The minimum Gasteiger partial charge on any atom is -0.497 e. The third-order valence-corrected chi connectivity index (χ3v) is 7.25. The number of benzene rings is 2. The highest BCUT2D eigenvalue weighted by Crippen LogP contribution is 2.29. The predicted molar refractivity (Wildman–Crippen MR) is 144 cm³/mol. The van der Waals surface area contributed by atoms with Gasteiger partial charge in [-0.15, -0.1) is 0 Å². The average molecular weight is 478 g/mol. The Morgan fingerprint density at radius 1 is 1.09 bits per heavy atom. The first-order valence-corrected chi connectivity index (χ1v) is 12.8. The Morgan fingerprint density at radius 3 is 2.60 bits per heavy atom. The monoisotopic (exact) mass is 477 g/mol. The summed E-state index contributed by atoms with van der Waals surface area (Å²) in [6.45, 7) is 6.72. The number of piperazine rings is 1. The Morgan fingerprint density at radius 2 is 1.86 bits per heavy atom. The standard InChI is InChI=1S/C28H39N5O2/c1-21(34)24-8-4-9-25(17-24)31-28(30-20-23-7-3-6-22(16-23)19-29)33-14-12-32(13-15-33)26-10-5-11-27(18-26)35-2/h4-5,8-11,17-18,22-23H,3,6-7,12-16,19-20,29H2,1-2H3,(H,30,31). The molecule has 0 spiro atoms. The zero-order chi connectivity index (χ0) is 24.6. The lowest BCUT2D eigenvalue weighted by Crippen LogP contribution is -2.51. The molecule has 7 heteroatoms. The molecule has 1 heterocycles. The molecule has 0 bridgehead atoms. The Balaban J connectivity index is 1.47. The number of carbonyl (C=O) groups is 1. The molecular formula is C28H39N5O2. The van der Waals surface area contributed by atoms with Crippen molar-refractivity contribution in [2.45, 2.75) is 32.6 Å². The number of ketones is 1. The van der Waals surface area contributed by atoms with Gasteiger partial charge in [-0.05, 0) is 68.8 Å². The van der Waals surface area contributed by atoms with Gasteiger partial charge in [0, 0.05) is 55.7 Å². The van der Waals surface area contributed by atoms with Gasteiger partial charge >= 0.3 is 0 Å². The lowest BCUT2D eigenvalue weighted by atomic mass is 9.81. The van der Waals surface area contributed by atoms with Gasteiger partial charge in [0.2, 0.25) is 0 Å². The summed E-state index contributed by atoms with van der Waals surface area (Å²) in [5, 5.41) is 3.54. The lowest BCUT2D eigenvalue weighted by Gasteiger charge is -2.38. The number of hydrogen-bond acceptors (Lipinski definition) is 5. The van der Waals surface area contributed by atoms with E-state index >= 15 is 0 Å². The molecule has 2 atom stereocenters. The highest BCUT2D eigenvalue weighted by molar-refractivity contribution is 5.98. The van der Waals surface area contributed by atoms with Gasteiger partial charge in [0.05, 0.1) is 7.11 Å². The van der Waals surface area contributed by atoms with Crippen LogP contribution in [0.1, 0.15) is 43.0 Å².